The number of halogens is 3. The lowest BCUT2D eigenvalue weighted by molar-refractivity contribution is -0.117. The molecule has 8 heteroatoms. The molecule has 0 saturated carbocycles. The van der Waals surface area contributed by atoms with E-state index < -0.39 is 0 Å². The molecular weight excluding hydrogens is 437 g/mol. The van der Waals surface area contributed by atoms with Crippen molar-refractivity contribution >= 4 is 39.1 Å². The van der Waals surface area contributed by atoms with Gasteiger partial charge in [-0.3, -0.25) is 4.79 Å². The van der Waals surface area contributed by atoms with Gasteiger partial charge in [-0.15, -0.1) is 0 Å². The molecule has 1 unspecified atom stereocenters. The lowest BCUT2D eigenvalue weighted by atomic mass is 10.1. The van der Waals surface area contributed by atoms with Crippen molar-refractivity contribution in [3.8, 4) is 11.4 Å². The first kappa shape index (κ1) is 18.1. The second kappa shape index (κ2) is 7.05. The Bertz CT molecular complexity index is 1020. The van der Waals surface area contributed by atoms with Crippen LogP contribution in [-0.4, -0.2) is 22.6 Å². The highest BCUT2D eigenvalue weighted by atomic mass is 79.9. The van der Waals surface area contributed by atoms with Gasteiger partial charge in [0.15, 0.2) is 0 Å². The van der Waals surface area contributed by atoms with Crippen LogP contribution >= 0.6 is 27.5 Å². The Morgan fingerprint density at radius 2 is 2.15 bits per heavy atom. The molecule has 0 N–H and O–H groups in total. The summed E-state index contributed by atoms with van der Waals surface area (Å²) in [5.41, 5.74) is 2.27. The topological polar surface area (TPSA) is 59.2 Å². The molecule has 1 amide bonds. The molecule has 1 aliphatic rings. The normalized spacial score (nSPS) is 17.0. The van der Waals surface area contributed by atoms with Crippen molar-refractivity contribution in [3.63, 3.8) is 0 Å². The molecule has 0 bridgehead atoms. The summed E-state index contributed by atoms with van der Waals surface area (Å²) in [5, 5.41) is 4.51. The molecule has 138 valence electrons. The third-order valence-corrected chi connectivity index (χ3v) is 5.46. The summed E-state index contributed by atoms with van der Waals surface area (Å²) in [4.78, 5) is 18.6. The van der Waals surface area contributed by atoms with Gasteiger partial charge in [0.2, 0.25) is 17.6 Å². The summed E-state index contributed by atoms with van der Waals surface area (Å²) < 4.78 is 19.1. The summed E-state index contributed by atoms with van der Waals surface area (Å²) in [5.74, 6) is 0.102. The van der Waals surface area contributed by atoms with Crippen molar-refractivity contribution in [1.29, 1.82) is 0 Å². The molecule has 1 saturated heterocycles. The van der Waals surface area contributed by atoms with Gasteiger partial charge in [0.05, 0.1) is 21.1 Å². The van der Waals surface area contributed by atoms with Crippen LogP contribution < -0.4 is 4.90 Å². The number of para-hydroxylation sites is 1. The van der Waals surface area contributed by atoms with E-state index >= 15 is 0 Å². The van der Waals surface area contributed by atoms with Crippen LogP contribution in [0.3, 0.4) is 0 Å². The number of rotatable bonds is 3. The molecule has 2 aromatic carbocycles. The van der Waals surface area contributed by atoms with Crippen LogP contribution in [0.25, 0.3) is 11.4 Å². The van der Waals surface area contributed by atoms with Crippen LogP contribution in [0.1, 0.15) is 23.8 Å². The maximum atomic E-state index is 13.4. The summed E-state index contributed by atoms with van der Waals surface area (Å²) in [7, 11) is 0. The second-order valence-corrected chi connectivity index (χ2v) is 7.66. The number of nitrogens with zero attached hydrogens (tertiary/aromatic N) is 3. The molecule has 3 aromatic rings. The summed E-state index contributed by atoms with van der Waals surface area (Å²) >= 11 is 9.45. The van der Waals surface area contributed by atoms with Gasteiger partial charge >= 0.3 is 0 Å². The standard InChI is InChI=1S/C19H14BrClFN3O2/c1-10-3-2-4-14(21)17(10)25-9-12(8-16(25)26)19-23-18(24-27-19)11-5-6-15(22)13(20)7-11/h2-7,12H,8-9H2,1H3. The highest BCUT2D eigenvalue weighted by molar-refractivity contribution is 9.10. The van der Waals surface area contributed by atoms with E-state index in [-0.39, 0.29) is 24.1 Å². The molecule has 0 spiro atoms. The van der Waals surface area contributed by atoms with E-state index in [4.69, 9.17) is 16.1 Å². The molecule has 2 heterocycles. The van der Waals surface area contributed by atoms with Crippen molar-refractivity contribution in [2.24, 2.45) is 0 Å². The molecule has 0 aliphatic carbocycles. The van der Waals surface area contributed by atoms with Crippen LogP contribution in [-0.2, 0) is 4.79 Å². The van der Waals surface area contributed by atoms with Crippen LogP contribution in [0, 0.1) is 12.7 Å². The van der Waals surface area contributed by atoms with Crippen LogP contribution in [0.5, 0.6) is 0 Å². The fourth-order valence-electron chi connectivity index (χ4n) is 3.21. The Hall–Kier alpha value is -2.25. The van der Waals surface area contributed by atoms with Gasteiger partial charge in [-0.25, -0.2) is 4.39 Å². The number of hydrogen-bond acceptors (Lipinski definition) is 4. The Morgan fingerprint density at radius 3 is 2.89 bits per heavy atom. The van der Waals surface area contributed by atoms with E-state index in [2.05, 4.69) is 26.1 Å². The number of aryl methyl sites for hydroxylation is 1. The molecule has 4 rings (SSSR count). The van der Waals surface area contributed by atoms with Crippen LogP contribution in [0.2, 0.25) is 5.02 Å². The number of hydrogen-bond donors (Lipinski definition) is 0. The zero-order chi connectivity index (χ0) is 19.1. The van der Waals surface area contributed by atoms with Crippen molar-refractivity contribution in [1.82, 2.24) is 10.1 Å². The molecule has 5 nitrogen and oxygen atoms in total. The molecule has 0 radical (unpaired) electrons. The maximum absolute atomic E-state index is 13.4. The van der Waals surface area contributed by atoms with Crippen molar-refractivity contribution < 1.29 is 13.7 Å². The van der Waals surface area contributed by atoms with Gasteiger partial charge in [-0.2, -0.15) is 4.98 Å². The molecule has 1 aromatic heterocycles. The Morgan fingerprint density at radius 1 is 1.33 bits per heavy atom. The zero-order valence-electron chi connectivity index (χ0n) is 14.2. The van der Waals surface area contributed by atoms with Gasteiger partial charge in [0.25, 0.3) is 0 Å². The van der Waals surface area contributed by atoms with Gasteiger partial charge in [-0.05, 0) is 52.7 Å². The first-order valence-electron chi connectivity index (χ1n) is 8.28. The predicted molar refractivity (Wildman–Crippen MR) is 103 cm³/mol. The number of anilines is 1. The van der Waals surface area contributed by atoms with E-state index in [0.29, 0.717) is 39.0 Å². The number of aromatic nitrogens is 2. The predicted octanol–water partition coefficient (Wildman–Crippen LogP) is 5.12. The summed E-state index contributed by atoms with van der Waals surface area (Å²) in [6.07, 6.45) is 0.263. The van der Waals surface area contributed by atoms with E-state index in [1.807, 2.05) is 19.1 Å². The van der Waals surface area contributed by atoms with Gasteiger partial charge in [-0.1, -0.05) is 28.9 Å². The second-order valence-electron chi connectivity index (χ2n) is 6.40. The van der Waals surface area contributed by atoms with Crippen molar-refractivity contribution in [3.05, 3.63) is 63.2 Å². The Kier molecular flexibility index (Phi) is 4.74. The molecule has 1 atom stereocenters. The first-order valence-corrected chi connectivity index (χ1v) is 9.45. The summed E-state index contributed by atoms with van der Waals surface area (Å²) in [6, 6.07) is 10.0. The average Bonchev–Trinajstić information content (AvgIpc) is 3.25. The lowest BCUT2D eigenvalue weighted by Crippen LogP contribution is -2.25. The van der Waals surface area contributed by atoms with E-state index in [1.165, 1.54) is 6.07 Å². The Balaban J connectivity index is 1.60. The molecule has 27 heavy (non-hydrogen) atoms. The first-order chi connectivity index (χ1) is 12.9. The number of carbonyl (C=O) groups is 1. The average molecular weight is 451 g/mol. The smallest absolute Gasteiger partial charge is 0.232 e. The van der Waals surface area contributed by atoms with Crippen molar-refractivity contribution in [2.75, 3.05) is 11.4 Å². The van der Waals surface area contributed by atoms with Gasteiger partial charge in [0.1, 0.15) is 5.82 Å². The minimum atomic E-state index is -0.366. The highest BCUT2D eigenvalue weighted by Gasteiger charge is 2.36. The van der Waals surface area contributed by atoms with Crippen LogP contribution in [0.4, 0.5) is 10.1 Å². The third-order valence-electron chi connectivity index (χ3n) is 4.55. The highest BCUT2D eigenvalue weighted by Crippen LogP contribution is 2.37. The Labute approximate surface area is 168 Å². The monoisotopic (exact) mass is 449 g/mol. The number of benzene rings is 2. The van der Waals surface area contributed by atoms with Gasteiger partial charge < -0.3 is 9.42 Å². The zero-order valence-corrected chi connectivity index (χ0v) is 16.6. The minimum absolute atomic E-state index is 0.0412. The van der Waals surface area contributed by atoms with Gasteiger partial charge in [0, 0.05) is 18.5 Å². The third kappa shape index (κ3) is 3.37. The molecular formula is C19H14BrClFN3O2. The molecule has 1 fully saturated rings. The van der Waals surface area contributed by atoms with Crippen LogP contribution in [0.15, 0.2) is 45.4 Å². The maximum Gasteiger partial charge on any atom is 0.232 e. The quantitative estimate of drug-likeness (QED) is 0.556. The van der Waals surface area contributed by atoms with Crippen molar-refractivity contribution in [2.45, 2.75) is 19.3 Å². The van der Waals surface area contributed by atoms with E-state index in [0.717, 1.165) is 5.56 Å². The van der Waals surface area contributed by atoms with E-state index in [9.17, 15) is 9.18 Å². The molecule has 1 aliphatic heterocycles. The lowest BCUT2D eigenvalue weighted by Gasteiger charge is -2.20. The van der Waals surface area contributed by atoms with E-state index in [1.54, 1.807) is 23.1 Å². The number of carbonyl (C=O) groups excluding carboxylic acids is 1. The fourth-order valence-corrected chi connectivity index (χ4v) is 3.91. The fraction of sp³-hybridized carbons (Fsp3) is 0.211. The largest absolute Gasteiger partial charge is 0.339 e. The number of amides is 1. The summed E-state index contributed by atoms with van der Waals surface area (Å²) in [6.45, 7) is 2.33. The SMILES string of the molecule is Cc1cccc(Cl)c1N1CC(c2nc(-c3ccc(F)c(Br)c3)no2)CC1=O. The minimum Gasteiger partial charge on any atom is -0.339 e.